The van der Waals surface area contributed by atoms with E-state index in [1.807, 2.05) is 18.2 Å². The summed E-state index contributed by atoms with van der Waals surface area (Å²) in [6, 6.07) is 8.12. The summed E-state index contributed by atoms with van der Waals surface area (Å²) in [5, 5.41) is 12.8. The molecule has 1 unspecified atom stereocenters. The first-order valence-electron chi connectivity index (χ1n) is 5.36. The van der Waals surface area contributed by atoms with Crippen LogP contribution in [0.5, 0.6) is 0 Å². The van der Waals surface area contributed by atoms with Crippen LogP contribution in [-0.4, -0.2) is 17.8 Å². The molecule has 3 heteroatoms. The van der Waals surface area contributed by atoms with Crippen LogP contribution in [0.4, 0.5) is 0 Å². The highest BCUT2D eigenvalue weighted by atomic mass is 79.9. The Morgan fingerprint density at radius 1 is 1.40 bits per heavy atom. The lowest BCUT2D eigenvalue weighted by Gasteiger charge is -2.11. The predicted molar refractivity (Wildman–Crippen MR) is 66.8 cm³/mol. The van der Waals surface area contributed by atoms with Gasteiger partial charge < -0.3 is 10.4 Å². The van der Waals surface area contributed by atoms with Crippen LogP contribution in [0.2, 0.25) is 0 Å². The molecule has 2 nitrogen and oxygen atoms in total. The number of nitrogens with one attached hydrogen (secondary N) is 1. The molecule has 0 aromatic heterocycles. The summed E-state index contributed by atoms with van der Waals surface area (Å²) in [5.41, 5.74) is 1.22. The fourth-order valence-corrected chi connectivity index (χ4v) is 1.88. The van der Waals surface area contributed by atoms with E-state index in [0.717, 1.165) is 23.9 Å². The molecular formula is C12H18BrNO. The van der Waals surface area contributed by atoms with E-state index in [1.54, 1.807) is 0 Å². The zero-order valence-corrected chi connectivity index (χ0v) is 10.6. The van der Waals surface area contributed by atoms with Gasteiger partial charge in [0.2, 0.25) is 0 Å². The molecule has 15 heavy (non-hydrogen) atoms. The van der Waals surface area contributed by atoms with Gasteiger partial charge in [0.15, 0.2) is 0 Å². The van der Waals surface area contributed by atoms with Crippen molar-refractivity contribution in [3.63, 3.8) is 0 Å². The maximum Gasteiger partial charge on any atom is 0.0664 e. The highest BCUT2D eigenvalue weighted by molar-refractivity contribution is 9.10. The van der Waals surface area contributed by atoms with Crippen molar-refractivity contribution in [3.8, 4) is 0 Å². The predicted octanol–water partition coefficient (Wildman–Crippen LogP) is 2.70. The lowest BCUT2D eigenvalue weighted by molar-refractivity contribution is 0.160. The lowest BCUT2D eigenvalue weighted by Crippen LogP contribution is -2.26. The Morgan fingerprint density at radius 2 is 2.13 bits per heavy atom. The van der Waals surface area contributed by atoms with Gasteiger partial charge in [0.25, 0.3) is 0 Å². The first-order chi connectivity index (χ1) is 7.24. The van der Waals surface area contributed by atoms with Crippen molar-refractivity contribution in [3.05, 3.63) is 34.3 Å². The second-order valence-electron chi connectivity index (χ2n) is 3.66. The molecule has 0 aliphatic heterocycles. The van der Waals surface area contributed by atoms with Gasteiger partial charge in [-0.25, -0.2) is 0 Å². The molecule has 2 N–H and O–H groups in total. The molecule has 0 radical (unpaired) electrons. The van der Waals surface area contributed by atoms with Gasteiger partial charge in [0.1, 0.15) is 0 Å². The fraction of sp³-hybridized carbons (Fsp3) is 0.500. The van der Waals surface area contributed by atoms with E-state index in [9.17, 15) is 5.11 Å². The van der Waals surface area contributed by atoms with Crippen LogP contribution in [0.15, 0.2) is 28.7 Å². The summed E-state index contributed by atoms with van der Waals surface area (Å²) in [4.78, 5) is 0. The maximum atomic E-state index is 9.52. The Morgan fingerprint density at radius 3 is 2.80 bits per heavy atom. The summed E-state index contributed by atoms with van der Waals surface area (Å²) in [5.74, 6) is 0. The van der Waals surface area contributed by atoms with Crippen LogP contribution in [0, 0.1) is 0 Å². The first-order valence-corrected chi connectivity index (χ1v) is 6.15. The van der Waals surface area contributed by atoms with E-state index in [-0.39, 0.29) is 6.10 Å². The fourth-order valence-electron chi connectivity index (χ4n) is 1.45. The standard InChI is InChI=1S/C12H18BrNO/c1-2-5-11(15)9-14-8-10-6-3-4-7-12(10)13/h3-4,6-7,11,14-15H,2,5,8-9H2,1H3. The molecule has 1 aromatic carbocycles. The number of aliphatic hydroxyl groups excluding tert-OH is 1. The second-order valence-corrected chi connectivity index (χ2v) is 4.52. The molecule has 1 atom stereocenters. The smallest absolute Gasteiger partial charge is 0.0664 e. The molecular weight excluding hydrogens is 254 g/mol. The average Bonchev–Trinajstić information content (AvgIpc) is 2.21. The maximum absolute atomic E-state index is 9.52. The van der Waals surface area contributed by atoms with Crippen molar-refractivity contribution in [2.45, 2.75) is 32.4 Å². The monoisotopic (exact) mass is 271 g/mol. The minimum atomic E-state index is -0.225. The lowest BCUT2D eigenvalue weighted by atomic mass is 10.2. The molecule has 0 amide bonds. The Bertz CT molecular complexity index is 291. The Labute approximate surface area is 99.8 Å². The summed E-state index contributed by atoms with van der Waals surface area (Å²) in [6.07, 6.45) is 1.67. The number of aliphatic hydroxyl groups is 1. The minimum absolute atomic E-state index is 0.225. The van der Waals surface area contributed by atoms with Gasteiger partial charge in [0.05, 0.1) is 6.10 Å². The molecule has 1 rings (SSSR count). The molecule has 0 aliphatic carbocycles. The molecule has 0 spiro atoms. The van der Waals surface area contributed by atoms with Crippen LogP contribution in [0.1, 0.15) is 25.3 Å². The summed E-state index contributed by atoms with van der Waals surface area (Å²) < 4.78 is 1.11. The van der Waals surface area contributed by atoms with Crippen LogP contribution < -0.4 is 5.32 Å². The highest BCUT2D eigenvalue weighted by Crippen LogP contribution is 2.15. The van der Waals surface area contributed by atoms with Crippen LogP contribution in [0.25, 0.3) is 0 Å². The van der Waals surface area contributed by atoms with Crippen molar-refractivity contribution in [2.75, 3.05) is 6.54 Å². The zero-order valence-electron chi connectivity index (χ0n) is 9.04. The molecule has 0 aliphatic rings. The Hall–Kier alpha value is -0.380. The number of rotatable bonds is 6. The Balaban J connectivity index is 2.29. The normalized spacial score (nSPS) is 12.7. The number of halogens is 1. The molecule has 1 aromatic rings. The van der Waals surface area contributed by atoms with Crippen LogP contribution in [0.3, 0.4) is 0 Å². The van der Waals surface area contributed by atoms with E-state index in [0.29, 0.717) is 6.54 Å². The summed E-state index contributed by atoms with van der Waals surface area (Å²) in [7, 11) is 0. The molecule has 0 saturated heterocycles. The average molecular weight is 272 g/mol. The molecule has 0 saturated carbocycles. The minimum Gasteiger partial charge on any atom is -0.392 e. The van der Waals surface area contributed by atoms with Crippen LogP contribution in [-0.2, 0) is 6.54 Å². The number of benzene rings is 1. The van der Waals surface area contributed by atoms with E-state index < -0.39 is 0 Å². The van der Waals surface area contributed by atoms with E-state index in [1.165, 1.54) is 5.56 Å². The zero-order chi connectivity index (χ0) is 11.1. The topological polar surface area (TPSA) is 32.3 Å². The van der Waals surface area contributed by atoms with Crippen molar-refractivity contribution < 1.29 is 5.11 Å². The third-order valence-electron chi connectivity index (χ3n) is 2.28. The van der Waals surface area contributed by atoms with E-state index in [4.69, 9.17) is 0 Å². The first kappa shape index (κ1) is 12.7. The third kappa shape index (κ3) is 4.78. The van der Waals surface area contributed by atoms with Gasteiger partial charge in [0, 0.05) is 17.6 Å². The highest BCUT2D eigenvalue weighted by Gasteiger charge is 2.02. The van der Waals surface area contributed by atoms with E-state index in [2.05, 4.69) is 34.2 Å². The van der Waals surface area contributed by atoms with Crippen molar-refractivity contribution >= 4 is 15.9 Å². The number of hydrogen-bond donors (Lipinski definition) is 2. The van der Waals surface area contributed by atoms with Crippen molar-refractivity contribution in [1.82, 2.24) is 5.32 Å². The third-order valence-corrected chi connectivity index (χ3v) is 3.05. The Kier molecular flexibility index (Phi) is 5.91. The quantitative estimate of drug-likeness (QED) is 0.834. The SMILES string of the molecule is CCCC(O)CNCc1ccccc1Br. The summed E-state index contributed by atoms with van der Waals surface area (Å²) >= 11 is 3.49. The van der Waals surface area contributed by atoms with Crippen molar-refractivity contribution in [1.29, 1.82) is 0 Å². The van der Waals surface area contributed by atoms with Gasteiger partial charge in [-0.15, -0.1) is 0 Å². The molecule has 0 heterocycles. The number of hydrogen-bond acceptors (Lipinski definition) is 2. The van der Waals surface area contributed by atoms with Gasteiger partial charge >= 0.3 is 0 Å². The van der Waals surface area contributed by atoms with E-state index >= 15 is 0 Å². The van der Waals surface area contributed by atoms with Gasteiger partial charge in [-0.3, -0.25) is 0 Å². The molecule has 0 fully saturated rings. The van der Waals surface area contributed by atoms with Gasteiger partial charge in [-0.05, 0) is 18.1 Å². The van der Waals surface area contributed by atoms with Crippen molar-refractivity contribution in [2.24, 2.45) is 0 Å². The van der Waals surface area contributed by atoms with Gasteiger partial charge in [-0.1, -0.05) is 47.5 Å². The van der Waals surface area contributed by atoms with Crippen LogP contribution >= 0.6 is 15.9 Å². The van der Waals surface area contributed by atoms with Gasteiger partial charge in [-0.2, -0.15) is 0 Å². The largest absolute Gasteiger partial charge is 0.392 e. The molecule has 84 valence electrons. The summed E-state index contributed by atoms with van der Waals surface area (Å²) in [6.45, 7) is 3.54. The second kappa shape index (κ2) is 6.99. The molecule has 0 bridgehead atoms.